The quantitative estimate of drug-likeness (QED) is 0.587. The lowest BCUT2D eigenvalue weighted by Crippen LogP contribution is -2.27. The molecule has 1 amide bonds. The zero-order chi connectivity index (χ0) is 16.7. The van der Waals surface area contributed by atoms with Crippen molar-refractivity contribution < 1.29 is 33.8 Å². The minimum absolute atomic E-state index is 0.0423. The summed E-state index contributed by atoms with van der Waals surface area (Å²) in [5, 5.41) is 10.9. The Morgan fingerprint density at radius 1 is 1.09 bits per heavy atom. The fourth-order valence-corrected chi connectivity index (χ4v) is 1.56. The first-order valence-corrected chi connectivity index (χ1v) is 6.31. The number of carbonyl (C=O) groups is 4. The van der Waals surface area contributed by atoms with E-state index in [0.717, 1.165) is 13.8 Å². The van der Waals surface area contributed by atoms with E-state index in [0.29, 0.717) is 0 Å². The molecule has 0 aliphatic rings. The Kier molecular flexibility index (Phi) is 6.06. The molecule has 0 aliphatic carbocycles. The molecule has 8 nitrogen and oxygen atoms in total. The van der Waals surface area contributed by atoms with Gasteiger partial charge in [0, 0.05) is 20.4 Å². The lowest BCUT2D eigenvalue weighted by atomic mass is 10.1. The van der Waals surface area contributed by atoms with Crippen molar-refractivity contribution in [3.05, 3.63) is 23.8 Å². The summed E-state index contributed by atoms with van der Waals surface area (Å²) < 4.78 is 9.82. The van der Waals surface area contributed by atoms with E-state index >= 15 is 0 Å². The van der Waals surface area contributed by atoms with Gasteiger partial charge in [-0.2, -0.15) is 0 Å². The Bertz CT molecular complexity index is 609. The normalized spacial score (nSPS) is 9.73. The zero-order valence-electron chi connectivity index (χ0n) is 12.0. The van der Waals surface area contributed by atoms with Crippen molar-refractivity contribution in [2.45, 2.75) is 20.3 Å². The van der Waals surface area contributed by atoms with Crippen LogP contribution in [0.15, 0.2) is 18.2 Å². The first-order valence-electron chi connectivity index (χ1n) is 6.31. The fourth-order valence-electron chi connectivity index (χ4n) is 1.56. The van der Waals surface area contributed by atoms with E-state index in [1.807, 2.05) is 0 Å². The van der Waals surface area contributed by atoms with E-state index in [9.17, 15) is 19.2 Å². The van der Waals surface area contributed by atoms with Gasteiger partial charge in [-0.1, -0.05) is 6.07 Å². The summed E-state index contributed by atoms with van der Waals surface area (Å²) in [7, 11) is 0. The van der Waals surface area contributed by atoms with Crippen LogP contribution in [0.4, 0.5) is 0 Å². The summed E-state index contributed by atoms with van der Waals surface area (Å²) in [6, 6.07) is 4.17. The van der Waals surface area contributed by atoms with Gasteiger partial charge in [0.1, 0.15) is 0 Å². The number of carbonyl (C=O) groups excluding carboxylic acids is 3. The van der Waals surface area contributed by atoms with E-state index in [-0.39, 0.29) is 30.0 Å². The highest BCUT2D eigenvalue weighted by molar-refractivity contribution is 5.99. The number of aliphatic carboxylic acids is 1. The van der Waals surface area contributed by atoms with Gasteiger partial charge in [-0.15, -0.1) is 0 Å². The van der Waals surface area contributed by atoms with Crippen molar-refractivity contribution in [2.75, 3.05) is 6.54 Å². The molecule has 0 aromatic heterocycles. The van der Waals surface area contributed by atoms with Crippen LogP contribution >= 0.6 is 0 Å². The molecule has 0 saturated heterocycles. The molecule has 0 unspecified atom stereocenters. The summed E-state index contributed by atoms with van der Waals surface area (Å²) in [5.41, 5.74) is -0.0423. The van der Waals surface area contributed by atoms with Gasteiger partial charge in [-0.25, -0.2) is 0 Å². The van der Waals surface area contributed by atoms with Crippen LogP contribution < -0.4 is 14.8 Å². The van der Waals surface area contributed by atoms with Gasteiger partial charge in [-0.3, -0.25) is 19.2 Å². The second kappa shape index (κ2) is 7.77. The van der Waals surface area contributed by atoms with Crippen molar-refractivity contribution in [2.24, 2.45) is 0 Å². The van der Waals surface area contributed by atoms with Gasteiger partial charge in [0.15, 0.2) is 11.5 Å². The van der Waals surface area contributed by atoms with Gasteiger partial charge in [0.2, 0.25) is 0 Å². The van der Waals surface area contributed by atoms with Gasteiger partial charge in [0.25, 0.3) is 5.91 Å². The summed E-state index contributed by atoms with van der Waals surface area (Å²) in [6.07, 6.45) is -0.252. The average Bonchev–Trinajstić information content (AvgIpc) is 2.39. The number of carboxylic acid groups (broad SMARTS) is 1. The number of esters is 2. The number of ether oxygens (including phenoxy) is 2. The number of nitrogens with one attached hydrogen (secondary N) is 1. The standard InChI is InChI=1S/C14H15NO7/c1-8(16)21-11-5-3-4-10(13(11)22-9(2)17)14(20)15-7-6-12(18)19/h3-5H,6-7H2,1-2H3,(H,15,20)(H,18,19). The molecule has 1 aromatic carbocycles. The second-order valence-electron chi connectivity index (χ2n) is 4.22. The number of benzene rings is 1. The molecule has 2 N–H and O–H groups in total. The Labute approximate surface area is 126 Å². The van der Waals surface area contributed by atoms with Crippen LogP contribution in [0, 0.1) is 0 Å². The van der Waals surface area contributed by atoms with Crippen molar-refractivity contribution in [1.82, 2.24) is 5.32 Å². The Morgan fingerprint density at radius 2 is 1.73 bits per heavy atom. The first-order chi connectivity index (χ1) is 10.3. The molecule has 0 fully saturated rings. The average molecular weight is 309 g/mol. The molecule has 118 valence electrons. The van der Waals surface area contributed by atoms with E-state index in [1.54, 1.807) is 0 Å². The van der Waals surface area contributed by atoms with Crippen LogP contribution in [-0.2, 0) is 14.4 Å². The summed E-state index contributed by atoms with van der Waals surface area (Å²) in [6.45, 7) is 2.21. The van der Waals surface area contributed by atoms with Crippen molar-refractivity contribution >= 4 is 23.8 Å². The van der Waals surface area contributed by atoms with Crippen molar-refractivity contribution in [3.63, 3.8) is 0 Å². The summed E-state index contributed by atoms with van der Waals surface area (Å²) in [5.74, 6) is -3.32. The molecule has 22 heavy (non-hydrogen) atoms. The van der Waals surface area contributed by atoms with Crippen LogP contribution in [0.1, 0.15) is 30.6 Å². The number of hydrogen-bond donors (Lipinski definition) is 2. The SMILES string of the molecule is CC(=O)Oc1cccc(C(=O)NCCC(=O)O)c1OC(C)=O. The van der Waals surface area contributed by atoms with Crippen molar-refractivity contribution in [1.29, 1.82) is 0 Å². The van der Waals surface area contributed by atoms with Gasteiger partial charge in [-0.05, 0) is 12.1 Å². The fraction of sp³-hybridized carbons (Fsp3) is 0.286. The van der Waals surface area contributed by atoms with Crippen LogP contribution in [0.3, 0.4) is 0 Å². The molecule has 0 atom stereocenters. The minimum atomic E-state index is -1.06. The highest BCUT2D eigenvalue weighted by Crippen LogP contribution is 2.31. The highest BCUT2D eigenvalue weighted by Gasteiger charge is 2.20. The van der Waals surface area contributed by atoms with Crippen LogP contribution in [-0.4, -0.2) is 35.5 Å². The lowest BCUT2D eigenvalue weighted by Gasteiger charge is -2.13. The maximum Gasteiger partial charge on any atom is 0.308 e. The monoisotopic (exact) mass is 309 g/mol. The third-order valence-corrected chi connectivity index (χ3v) is 2.35. The van der Waals surface area contributed by atoms with Gasteiger partial charge >= 0.3 is 17.9 Å². The Hall–Kier alpha value is -2.90. The summed E-state index contributed by atoms with van der Waals surface area (Å²) >= 11 is 0. The molecule has 0 heterocycles. The van der Waals surface area contributed by atoms with E-state index in [4.69, 9.17) is 14.6 Å². The predicted molar refractivity (Wildman–Crippen MR) is 73.6 cm³/mol. The maximum atomic E-state index is 12.0. The Balaban J connectivity index is 3.05. The number of hydrogen-bond acceptors (Lipinski definition) is 6. The highest BCUT2D eigenvalue weighted by atomic mass is 16.6. The molecule has 0 spiro atoms. The largest absolute Gasteiger partial charge is 0.481 e. The van der Waals surface area contributed by atoms with Crippen molar-refractivity contribution in [3.8, 4) is 11.5 Å². The first kappa shape index (κ1) is 17.2. The van der Waals surface area contributed by atoms with Crippen LogP contribution in [0.5, 0.6) is 11.5 Å². The smallest absolute Gasteiger partial charge is 0.308 e. The topological polar surface area (TPSA) is 119 Å². The second-order valence-corrected chi connectivity index (χ2v) is 4.22. The number of carboxylic acids is 1. The third-order valence-electron chi connectivity index (χ3n) is 2.35. The number of rotatable bonds is 6. The molecular weight excluding hydrogens is 294 g/mol. The molecule has 0 saturated carbocycles. The minimum Gasteiger partial charge on any atom is -0.481 e. The number of amides is 1. The maximum absolute atomic E-state index is 12.0. The molecule has 1 rings (SSSR count). The predicted octanol–water partition coefficient (Wildman–Crippen LogP) is 0.742. The molecular formula is C14H15NO7. The van der Waals surface area contributed by atoms with E-state index < -0.39 is 23.8 Å². The molecule has 0 bridgehead atoms. The Morgan fingerprint density at radius 3 is 2.27 bits per heavy atom. The summed E-state index contributed by atoms with van der Waals surface area (Å²) in [4.78, 5) is 44.7. The van der Waals surface area contributed by atoms with Gasteiger partial charge < -0.3 is 19.9 Å². The molecule has 0 radical (unpaired) electrons. The zero-order valence-corrected chi connectivity index (χ0v) is 12.0. The number of para-hydroxylation sites is 1. The molecule has 0 aliphatic heterocycles. The third kappa shape index (κ3) is 5.23. The van der Waals surface area contributed by atoms with Gasteiger partial charge in [0.05, 0.1) is 12.0 Å². The van der Waals surface area contributed by atoms with Crippen LogP contribution in [0.2, 0.25) is 0 Å². The molecule has 8 heteroatoms. The van der Waals surface area contributed by atoms with E-state index in [2.05, 4.69) is 5.32 Å². The lowest BCUT2D eigenvalue weighted by molar-refractivity contribution is -0.137. The van der Waals surface area contributed by atoms with Crippen LogP contribution in [0.25, 0.3) is 0 Å². The van der Waals surface area contributed by atoms with E-state index in [1.165, 1.54) is 18.2 Å². The molecule has 1 aromatic rings.